The molecule has 4 rings (SSSR count). The molecule has 2 aliphatic heterocycles. The normalized spacial score (nSPS) is 24.6. The van der Waals surface area contributed by atoms with Gasteiger partial charge in [-0.25, -0.2) is 8.42 Å². The van der Waals surface area contributed by atoms with Crippen LogP contribution in [0.3, 0.4) is 0 Å². The van der Waals surface area contributed by atoms with Crippen LogP contribution in [-0.4, -0.2) is 78.3 Å². The molecule has 0 aromatic rings. The summed E-state index contributed by atoms with van der Waals surface area (Å²) in [6.45, 7) is 1.91. The highest BCUT2D eigenvalue weighted by Crippen LogP contribution is 2.33. The van der Waals surface area contributed by atoms with Gasteiger partial charge in [0.1, 0.15) is 11.6 Å². The number of hydrogen-bond donors (Lipinski definition) is 2. The van der Waals surface area contributed by atoms with E-state index in [1.165, 1.54) is 4.90 Å². The maximum atomic E-state index is 13.2. The zero-order chi connectivity index (χ0) is 24.3. The van der Waals surface area contributed by atoms with E-state index in [1.54, 1.807) is 0 Å². The lowest BCUT2D eigenvalue weighted by molar-refractivity contribution is -0.142. The second-order valence-corrected chi connectivity index (χ2v) is 12.1. The first kappa shape index (κ1) is 24.9. The molecule has 2 saturated carbocycles. The minimum Gasteiger partial charge on any atom is -0.343 e. The maximum absolute atomic E-state index is 13.2. The Hall–Kier alpha value is -2.17. The van der Waals surface area contributed by atoms with Gasteiger partial charge >= 0.3 is 0 Å². The molecule has 4 fully saturated rings. The van der Waals surface area contributed by atoms with Gasteiger partial charge in [0, 0.05) is 32.5 Å². The number of nitrogens with zero attached hydrogens (tertiary/aromatic N) is 2. The van der Waals surface area contributed by atoms with Gasteiger partial charge in [0.25, 0.3) is 5.91 Å². The van der Waals surface area contributed by atoms with Gasteiger partial charge in [0.05, 0.1) is 5.25 Å². The van der Waals surface area contributed by atoms with E-state index in [4.69, 9.17) is 0 Å². The van der Waals surface area contributed by atoms with Crippen LogP contribution in [0.15, 0.2) is 0 Å². The van der Waals surface area contributed by atoms with Crippen molar-refractivity contribution in [2.75, 3.05) is 19.6 Å². The molecule has 10 nitrogen and oxygen atoms in total. The van der Waals surface area contributed by atoms with Crippen LogP contribution in [-0.2, 0) is 29.2 Å². The van der Waals surface area contributed by atoms with E-state index < -0.39 is 38.7 Å². The van der Waals surface area contributed by atoms with Crippen molar-refractivity contribution in [3.63, 3.8) is 0 Å². The summed E-state index contributed by atoms with van der Waals surface area (Å²) in [5, 5.41) is 2.31. The third kappa shape index (κ3) is 5.55. The van der Waals surface area contributed by atoms with Crippen molar-refractivity contribution in [2.45, 2.75) is 100 Å². The molecule has 2 saturated heterocycles. The first-order valence-corrected chi connectivity index (χ1v) is 14.2. The topological polar surface area (TPSA) is 133 Å². The van der Waals surface area contributed by atoms with Gasteiger partial charge in [0.15, 0.2) is 0 Å². The average molecular weight is 497 g/mol. The monoisotopic (exact) mass is 496 g/mol. The highest BCUT2D eigenvalue weighted by atomic mass is 32.2. The predicted molar refractivity (Wildman–Crippen MR) is 124 cm³/mol. The standard InChI is InChI=1S/C23H36N4O6S/c28-19(26-14-4-1-5-15-26)10-11-20(29)27-16-6-7-18(27)21(30)24-23(12-2-3-13-23)22(31)25-34(32,33)17-8-9-17/h17-18H,1-16H2,(H,24,30)(H,25,31)/t18-/m0/s1. The van der Waals surface area contributed by atoms with Crippen molar-refractivity contribution in [2.24, 2.45) is 0 Å². The lowest BCUT2D eigenvalue weighted by Crippen LogP contribution is -2.61. The number of hydrogen-bond acceptors (Lipinski definition) is 6. The number of nitrogens with one attached hydrogen (secondary N) is 2. The predicted octanol–water partition coefficient (Wildman–Crippen LogP) is 0.808. The van der Waals surface area contributed by atoms with E-state index in [1.807, 2.05) is 4.90 Å². The van der Waals surface area contributed by atoms with E-state index in [2.05, 4.69) is 10.0 Å². The van der Waals surface area contributed by atoms with Crippen LogP contribution >= 0.6 is 0 Å². The van der Waals surface area contributed by atoms with Gasteiger partial charge in [-0.15, -0.1) is 0 Å². The molecule has 0 bridgehead atoms. The van der Waals surface area contributed by atoms with Gasteiger partial charge < -0.3 is 15.1 Å². The molecule has 1 atom stereocenters. The van der Waals surface area contributed by atoms with Crippen molar-refractivity contribution < 1.29 is 27.6 Å². The summed E-state index contributed by atoms with van der Waals surface area (Å²) in [6.07, 6.45) is 7.70. The molecule has 2 heterocycles. The summed E-state index contributed by atoms with van der Waals surface area (Å²) >= 11 is 0. The van der Waals surface area contributed by atoms with Crippen LogP contribution in [0.4, 0.5) is 0 Å². The SMILES string of the molecule is O=C(NC1(C(=O)NS(=O)(=O)C2CC2)CCCC1)[C@@H]1CCCN1C(=O)CCC(=O)N1CCCCC1. The van der Waals surface area contributed by atoms with E-state index in [9.17, 15) is 27.6 Å². The highest BCUT2D eigenvalue weighted by Gasteiger charge is 2.48. The molecule has 11 heteroatoms. The number of likely N-dealkylation sites (tertiary alicyclic amines) is 2. The van der Waals surface area contributed by atoms with Crippen LogP contribution in [0.1, 0.15) is 83.5 Å². The van der Waals surface area contributed by atoms with Crippen molar-refractivity contribution in [1.82, 2.24) is 19.8 Å². The van der Waals surface area contributed by atoms with Gasteiger partial charge in [-0.1, -0.05) is 12.8 Å². The fraction of sp³-hybridized carbons (Fsp3) is 0.826. The molecule has 0 aromatic carbocycles. The summed E-state index contributed by atoms with van der Waals surface area (Å²) < 4.78 is 26.8. The number of carbonyl (C=O) groups is 4. The Balaban J connectivity index is 1.35. The van der Waals surface area contributed by atoms with Gasteiger partial charge in [-0.3, -0.25) is 23.9 Å². The Kier molecular flexibility index (Phi) is 7.49. The minimum atomic E-state index is -3.72. The Morgan fingerprint density at radius 2 is 1.44 bits per heavy atom. The molecule has 190 valence electrons. The zero-order valence-corrected chi connectivity index (χ0v) is 20.5. The zero-order valence-electron chi connectivity index (χ0n) is 19.7. The summed E-state index contributed by atoms with van der Waals surface area (Å²) in [5.41, 5.74) is -1.26. The lowest BCUT2D eigenvalue weighted by Gasteiger charge is -2.32. The second-order valence-electron chi connectivity index (χ2n) is 10.1. The molecule has 0 radical (unpaired) electrons. The molecule has 0 spiro atoms. The van der Waals surface area contributed by atoms with Gasteiger partial charge in [-0.05, 0) is 57.8 Å². The fourth-order valence-electron chi connectivity index (χ4n) is 5.39. The molecular formula is C23H36N4O6S. The van der Waals surface area contributed by atoms with Crippen molar-refractivity contribution in [1.29, 1.82) is 0 Å². The fourth-order valence-corrected chi connectivity index (χ4v) is 6.77. The summed E-state index contributed by atoms with van der Waals surface area (Å²) in [6, 6.07) is -0.706. The van der Waals surface area contributed by atoms with Crippen molar-refractivity contribution in [3.8, 4) is 0 Å². The highest BCUT2D eigenvalue weighted by molar-refractivity contribution is 7.90. The molecule has 2 N–H and O–H groups in total. The van der Waals surface area contributed by atoms with Crippen molar-refractivity contribution in [3.05, 3.63) is 0 Å². The molecule has 4 aliphatic rings. The van der Waals surface area contributed by atoms with Crippen LogP contribution < -0.4 is 10.0 Å². The van der Waals surface area contributed by atoms with Crippen LogP contribution in [0.5, 0.6) is 0 Å². The maximum Gasteiger partial charge on any atom is 0.259 e. The number of sulfonamides is 1. The number of amides is 4. The largest absolute Gasteiger partial charge is 0.343 e. The Morgan fingerprint density at radius 1 is 0.794 bits per heavy atom. The quantitative estimate of drug-likeness (QED) is 0.511. The van der Waals surface area contributed by atoms with Gasteiger partial charge in [0.2, 0.25) is 27.7 Å². The number of piperidine rings is 1. The van der Waals surface area contributed by atoms with E-state index in [-0.39, 0.29) is 24.7 Å². The van der Waals surface area contributed by atoms with E-state index >= 15 is 0 Å². The third-order valence-corrected chi connectivity index (χ3v) is 9.41. The second kappa shape index (κ2) is 10.2. The summed E-state index contributed by atoms with van der Waals surface area (Å²) in [5.74, 6) is -1.35. The van der Waals surface area contributed by atoms with Crippen LogP contribution in [0.25, 0.3) is 0 Å². The molecule has 0 aromatic heterocycles. The molecule has 4 amide bonds. The van der Waals surface area contributed by atoms with E-state index in [0.29, 0.717) is 57.9 Å². The average Bonchev–Trinajstić information content (AvgIpc) is 3.39. The summed E-state index contributed by atoms with van der Waals surface area (Å²) in [4.78, 5) is 54.8. The van der Waals surface area contributed by atoms with Crippen LogP contribution in [0.2, 0.25) is 0 Å². The molecular weight excluding hydrogens is 460 g/mol. The Labute approximate surface area is 201 Å². The first-order valence-electron chi connectivity index (χ1n) is 12.7. The van der Waals surface area contributed by atoms with Gasteiger partial charge in [-0.2, -0.15) is 0 Å². The number of carbonyl (C=O) groups excluding carboxylic acids is 4. The summed E-state index contributed by atoms with van der Waals surface area (Å²) in [7, 11) is -3.72. The Bertz CT molecular complexity index is 920. The third-order valence-electron chi connectivity index (χ3n) is 7.59. The number of rotatable bonds is 8. The van der Waals surface area contributed by atoms with Crippen molar-refractivity contribution >= 4 is 33.7 Å². The first-order chi connectivity index (χ1) is 16.2. The lowest BCUT2D eigenvalue weighted by atomic mass is 9.96. The van der Waals surface area contributed by atoms with E-state index in [0.717, 1.165) is 32.4 Å². The smallest absolute Gasteiger partial charge is 0.259 e. The van der Waals surface area contributed by atoms with Crippen LogP contribution in [0, 0.1) is 0 Å². The minimum absolute atomic E-state index is 0.0216. The molecule has 34 heavy (non-hydrogen) atoms. The Morgan fingerprint density at radius 3 is 2.09 bits per heavy atom. The molecule has 0 unspecified atom stereocenters. The molecule has 2 aliphatic carbocycles.